The molecule has 1 atom stereocenters. The van der Waals surface area contributed by atoms with Crippen LogP contribution in [0, 0.1) is 5.82 Å². The van der Waals surface area contributed by atoms with Crippen LogP contribution in [-0.2, 0) is 5.67 Å². The van der Waals surface area contributed by atoms with Crippen molar-refractivity contribution in [1.82, 2.24) is 0 Å². The number of benzene rings is 2. The number of nitrogens with two attached hydrogens (primary N) is 1. The molecule has 0 radical (unpaired) electrons. The molecule has 0 saturated carbocycles. The molecule has 0 amide bonds. The number of alkyl halides is 1. The standard InChI is InChI=1S/C16H13F2NO/c17-13-6-7-14-11(8-13)9-15(20-14)16(18,10-19)12-4-2-1-3-5-12/h1-9H,10,19H2. The zero-order valence-electron chi connectivity index (χ0n) is 10.6. The Morgan fingerprint density at radius 1 is 1.05 bits per heavy atom. The van der Waals surface area contributed by atoms with Crippen LogP contribution in [0.4, 0.5) is 8.78 Å². The molecule has 2 N–H and O–H groups in total. The van der Waals surface area contributed by atoms with Gasteiger partial charge in [-0.1, -0.05) is 30.3 Å². The van der Waals surface area contributed by atoms with E-state index in [9.17, 15) is 4.39 Å². The van der Waals surface area contributed by atoms with Crippen molar-refractivity contribution < 1.29 is 13.2 Å². The molecule has 0 spiro atoms. The van der Waals surface area contributed by atoms with Crippen molar-refractivity contribution >= 4 is 11.0 Å². The second-order valence-electron chi connectivity index (χ2n) is 4.66. The quantitative estimate of drug-likeness (QED) is 0.789. The molecule has 0 aliphatic heterocycles. The van der Waals surface area contributed by atoms with Crippen molar-refractivity contribution in [3.63, 3.8) is 0 Å². The average Bonchev–Trinajstić information content (AvgIpc) is 2.90. The summed E-state index contributed by atoms with van der Waals surface area (Å²) in [7, 11) is 0. The largest absolute Gasteiger partial charge is 0.457 e. The van der Waals surface area contributed by atoms with E-state index < -0.39 is 5.67 Å². The molecule has 0 aliphatic carbocycles. The summed E-state index contributed by atoms with van der Waals surface area (Å²) in [5.41, 5.74) is 4.55. The molecule has 0 fully saturated rings. The second kappa shape index (κ2) is 4.72. The Labute approximate surface area is 114 Å². The smallest absolute Gasteiger partial charge is 0.205 e. The fraction of sp³-hybridized carbons (Fsp3) is 0.125. The maximum Gasteiger partial charge on any atom is 0.205 e. The van der Waals surface area contributed by atoms with Crippen molar-refractivity contribution in [3.05, 3.63) is 71.7 Å². The van der Waals surface area contributed by atoms with Crippen molar-refractivity contribution in [2.45, 2.75) is 5.67 Å². The molecule has 2 nitrogen and oxygen atoms in total. The minimum Gasteiger partial charge on any atom is -0.457 e. The highest BCUT2D eigenvalue weighted by Crippen LogP contribution is 2.36. The zero-order chi connectivity index (χ0) is 14.2. The lowest BCUT2D eigenvalue weighted by Crippen LogP contribution is -2.31. The van der Waals surface area contributed by atoms with Crippen LogP contribution in [-0.4, -0.2) is 6.54 Å². The summed E-state index contributed by atoms with van der Waals surface area (Å²) in [6.07, 6.45) is 0. The molecule has 2 aromatic carbocycles. The Kier molecular flexibility index (Phi) is 3.03. The Morgan fingerprint density at radius 2 is 1.80 bits per heavy atom. The second-order valence-corrected chi connectivity index (χ2v) is 4.66. The van der Waals surface area contributed by atoms with Gasteiger partial charge in [0.2, 0.25) is 5.67 Å². The maximum absolute atomic E-state index is 15.2. The third kappa shape index (κ3) is 1.98. The van der Waals surface area contributed by atoms with Crippen LogP contribution in [0.5, 0.6) is 0 Å². The summed E-state index contributed by atoms with van der Waals surface area (Å²) in [6, 6.07) is 14.2. The molecule has 20 heavy (non-hydrogen) atoms. The first-order chi connectivity index (χ1) is 9.63. The van der Waals surface area contributed by atoms with E-state index in [0.29, 0.717) is 16.5 Å². The summed E-state index contributed by atoms with van der Waals surface area (Å²) in [5.74, 6) is -0.298. The summed E-state index contributed by atoms with van der Waals surface area (Å²) in [5, 5.41) is 0.520. The number of fused-ring (bicyclic) bond motifs is 1. The third-order valence-corrected chi connectivity index (χ3v) is 3.38. The third-order valence-electron chi connectivity index (χ3n) is 3.38. The van der Waals surface area contributed by atoms with Gasteiger partial charge in [-0.25, -0.2) is 8.78 Å². The molecule has 1 unspecified atom stereocenters. The molecule has 1 heterocycles. The molecular weight excluding hydrogens is 260 g/mol. The van der Waals surface area contributed by atoms with E-state index in [1.54, 1.807) is 30.3 Å². The van der Waals surface area contributed by atoms with Gasteiger partial charge in [-0.3, -0.25) is 0 Å². The molecule has 3 rings (SSSR count). The van der Waals surface area contributed by atoms with Crippen molar-refractivity contribution in [1.29, 1.82) is 0 Å². The molecule has 102 valence electrons. The highest BCUT2D eigenvalue weighted by atomic mass is 19.1. The van der Waals surface area contributed by atoms with E-state index in [-0.39, 0.29) is 18.1 Å². The van der Waals surface area contributed by atoms with Gasteiger partial charge < -0.3 is 10.2 Å². The number of rotatable bonds is 3. The van der Waals surface area contributed by atoms with E-state index in [0.717, 1.165) is 0 Å². The Morgan fingerprint density at radius 3 is 2.50 bits per heavy atom. The SMILES string of the molecule is NCC(F)(c1ccccc1)c1cc2cc(F)ccc2o1. The highest BCUT2D eigenvalue weighted by Gasteiger charge is 2.36. The number of hydrogen-bond acceptors (Lipinski definition) is 2. The van der Waals surface area contributed by atoms with Crippen LogP contribution in [0.1, 0.15) is 11.3 Å². The van der Waals surface area contributed by atoms with Gasteiger partial charge in [0.15, 0.2) is 0 Å². The van der Waals surface area contributed by atoms with Gasteiger partial charge in [0.05, 0.1) is 0 Å². The lowest BCUT2D eigenvalue weighted by molar-refractivity contribution is 0.194. The number of hydrogen-bond donors (Lipinski definition) is 1. The monoisotopic (exact) mass is 273 g/mol. The lowest BCUT2D eigenvalue weighted by Gasteiger charge is -2.21. The average molecular weight is 273 g/mol. The molecule has 0 saturated heterocycles. The molecule has 3 aromatic rings. The zero-order valence-corrected chi connectivity index (χ0v) is 10.6. The lowest BCUT2D eigenvalue weighted by atomic mass is 9.93. The molecule has 4 heteroatoms. The van der Waals surface area contributed by atoms with Crippen LogP contribution in [0.3, 0.4) is 0 Å². The summed E-state index contributed by atoms with van der Waals surface area (Å²) >= 11 is 0. The summed E-state index contributed by atoms with van der Waals surface area (Å²) < 4.78 is 33.9. The summed E-state index contributed by atoms with van der Waals surface area (Å²) in [6.45, 7) is -0.251. The normalized spacial score (nSPS) is 14.3. The van der Waals surface area contributed by atoms with E-state index >= 15 is 4.39 Å². The van der Waals surface area contributed by atoms with Crippen LogP contribution >= 0.6 is 0 Å². The van der Waals surface area contributed by atoms with Crippen LogP contribution in [0.2, 0.25) is 0 Å². The fourth-order valence-corrected chi connectivity index (χ4v) is 2.27. The van der Waals surface area contributed by atoms with Crippen molar-refractivity contribution in [2.24, 2.45) is 5.73 Å². The van der Waals surface area contributed by atoms with Gasteiger partial charge >= 0.3 is 0 Å². The Balaban J connectivity index is 2.16. The predicted octanol–water partition coefficient (Wildman–Crippen LogP) is 3.74. The molecule has 0 bridgehead atoms. The first kappa shape index (κ1) is 12.8. The first-order valence-corrected chi connectivity index (χ1v) is 6.27. The van der Waals surface area contributed by atoms with E-state index in [4.69, 9.17) is 10.2 Å². The van der Waals surface area contributed by atoms with Gasteiger partial charge in [-0.2, -0.15) is 0 Å². The number of furan rings is 1. The van der Waals surface area contributed by atoms with Crippen molar-refractivity contribution in [3.8, 4) is 0 Å². The van der Waals surface area contributed by atoms with E-state index in [2.05, 4.69) is 0 Å². The maximum atomic E-state index is 15.2. The predicted molar refractivity (Wildman–Crippen MR) is 73.6 cm³/mol. The Hall–Kier alpha value is -2.20. The minimum atomic E-state index is -1.92. The number of halogens is 2. The van der Waals surface area contributed by atoms with Gasteiger partial charge in [0.1, 0.15) is 17.2 Å². The van der Waals surface area contributed by atoms with E-state index in [1.165, 1.54) is 24.3 Å². The Bertz CT molecular complexity index is 739. The van der Waals surface area contributed by atoms with Gasteiger partial charge in [-0.05, 0) is 29.8 Å². The fourth-order valence-electron chi connectivity index (χ4n) is 2.27. The van der Waals surface area contributed by atoms with E-state index in [1.807, 2.05) is 0 Å². The molecule has 0 aliphatic rings. The van der Waals surface area contributed by atoms with Crippen molar-refractivity contribution in [2.75, 3.05) is 6.54 Å². The van der Waals surface area contributed by atoms with Gasteiger partial charge in [0, 0.05) is 11.9 Å². The summed E-state index contributed by atoms with van der Waals surface area (Å²) in [4.78, 5) is 0. The van der Waals surface area contributed by atoms with Crippen LogP contribution < -0.4 is 5.73 Å². The highest BCUT2D eigenvalue weighted by molar-refractivity contribution is 5.78. The van der Waals surface area contributed by atoms with Crippen LogP contribution in [0.15, 0.2) is 59.0 Å². The van der Waals surface area contributed by atoms with Crippen LogP contribution in [0.25, 0.3) is 11.0 Å². The van der Waals surface area contributed by atoms with Gasteiger partial charge in [0.25, 0.3) is 0 Å². The minimum absolute atomic E-state index is 0.0896. The first-order valence-electron chi connectivity index (χ1n) is 6.27. The topological polar surface area (TPSA) is 39.2 Å². The molecule has 1 aromatic heterocycles. The molecular formula is C16H13F2NO. The van der Waals surface area contributed by atoms with Gasteiger partial charge in [-0.15, -0.1) is 0 Å².